The van der Waals surface area contributed by atoms with Crippen molar-refractivity contribution in [2.24, 2.45) is 0 Å². The van der Waals surface area contributed by atoms with E-state index in [0.29, 0.717) is 0 Å². The molecule has 5 heteroatoms. The van der Waals surface area contributed by atoms with Gasteiger partial charge in [0.15, 0.2) is 0 Å². The minimum atomic E-state index is -0.740. The first-order valence-electron chi connectivity index (χ1n) is 0.408. The van der Waals surface area contributed by atoms with Crippen molar-refractivity contribution in [1.82, 2.24) is 0 Å². The van der Waals surface area contributed by atoms with E-state index in [4.69, 9.17) is 3.32 Å². The fourth-order valence-electron chi connectivity index (χ4n) is 0. The Labute approximate surface area is 81.1 Å². The van der Waals surface area contributed by atoms with Gasteiger partial charge in [0.05, 0.1) is 0 Å². The van der Waals surface area contributed by atoms with Crippen LogP contribution in [0.5, 0.6) is 0 Å². The summed E-state index contributed by atoms with van der Waals surface area (Å²) in [5.41, 5.74) is 0. The maximum atomic E-state index is 9.06. The Balaban J connectivity index is -0.0000000200. The van der Waals surface area contributed by atoms with Gasteiger partial charge < -0.3 is 0 Å². The topological polar surface area (TPSA) is 17.1 Å². The van der Waals surface area contributed by atoms with Crippen LogP contribution in [0.4, 0.5) is 0 Å². The Hall–Kier alpha value is 2.78. The van der Waals surface area contributed by atoms with Gasteiger partial charge in [-0.15, -0.1) is 0 Å². The molecule has 0 saturated heterocycles. The van der Waals surface area contributed by atoms with E-state index in [1.165, 1.54) is 0 Å². The molecule has 0 unspecified atom stereocenters. The second-order valence-corrected chi connectivity index (χ2v) is 2.30. The molecule has 0 N–H and O–H groups in total. The molecule has 0 aromatic rings. The molecule has 0 amide bonds. The van der Waals surface area contributed by atoms with Gasteiger partial charge in [0, 0.05) is 0 Å². The summed E-state index contributed by atoms with van der Waals surface area (Å²) in [7, 11) is 0. The number of hydrogen-bond acceptors (Lipinski definition) is 1. The first kappa shape index (κ1) is 15.7. The summed E-state index contributed by atoms with van der Waals surface area (Å²) in [5, 5.41) is 0. The van der Waals surface area contributed by atoms with E-state index in [0.717, 1.165) is 0 Å². The average molecular weight is 411 g/mol. The van der Waals surface area contributed by atoms with Crippen molar-refractivity contribution in [2.45, 2.75) is 0 Å². The Morgan fingerprint density at radius 1 is 1.60 bits per heavy atom. The Bertz CT molecular complexity index is 19.1. The molecule has 0 aliphatic heterocycles. The van der Waals surface area contributed by atoms with Gasteiger partial charge in [-0.25, -0.2) is 0 Å². The van der Waals surface area contributed by atoms with Crippen molar-refractivity contribution in [3.63, 3.8) is 0 Å². The van der Waals surface area contributed by atoms with Crippen LogP contribution >= 0.6 is 0 Å². The van der Waals surface area contributed by atoms with Crippen LogP contribution in [0.25, 0.3) is 0 Å². The van der Waals surface area contributed by atoms with Crippen LogP contribution in [0.2, 0.25) is 0 Å². The molecule has 0 heterocycles. The molecule has 0 spiro atoms. The van der Waals surface area contributed by atoms with Crippen LogP contribution in [0.1, 0.15) is 0 Å². The molecule has 0 saturated carbocycles. The molecular weight excluding hydrogens is 407 g/mol. The van der Waals surface area contributed by atoms with Crippen molar-refractivity contribution >= 4 is 64.0 Å². The van der Waals surface area contributed by atoms with Crippen molar-refractivity contribution in [1.29, 1.82) is 0 Å². The van der Waals surface area contributed by atoms with Gasteiger partial charge in [-0.3, -0.25) is 0 Å². The molecule has 26 valence electrons. The van der Waals surface area contributed by atoms with Crippen LogP contribution in [0.15, 0.2) is 0 Å². The molecule has 0 rings (SSSR count). The van der Waals surface area contributed by atoms with Crippen molar-refractivity contribution in [3.8, 4) is 0 Å². The van der Waals surface area contributed by atoms with E-state index in [9.17, 15) is 0 Å². The predicted octanol–water partition coefficient (Wildman–Crippen LogP) is -2.33. The van der Waals surface area contributed by atoms with E-state index < -0.39 is 15.4 Å². The van der Waals surface area contributed by atoms with E-state index in [2.05, 4.69) is 0 Å². The second-order valence-electron chi connectivity index (χ2n) is 0.0833. The summed E-state index contributed by atoms with van der Waals surface area (Å²) in [4.78, 5) is 0. The molecule has 0 aromatic heterocycles. The standard InChI is InChI=1S/Bi.Li.O.Te.Ti.4H. The molecule has 0 aliphatic carbocycles. The number of rotatable bonds is 0. The molecule has 0 fully saturated rings. The summed E-state index contributed by atoms with van der Waals surface area (Å²) in [6.45, 7) is 0. The molecular formula is H4BiLiOTeTi. The maximum absolute atomic E-state index is 9.06. The molecule has 0 bridgehead atoms. The molecule has 1 nitrogen and oxygen atoms in total. The third-order valence-electron chi connectivity index (χ3n) is 0. The van der Waals surface area contributed by atoms with Crippen LogP contribution in [-0.2, 0) is 18.8 Å². The second kappa shape index (κ2) is 15.9. The van der Waals surface area contributed by atoms with Gasteiger partial charge in [-0.05, 0) is 0 Å². The summed E-state index contributed by atoms with van der Waals surface area (Å²) < 4.78 is 9.06. The summed E-state index contributed by atoms with van der Waals surface area (Å²) in [5.74, 6) is 0. The van der Waals surface area contributed by atoms with Crippen LogP contribution in [0, 0.1) is 0 Å². The van der Waals surface area contributed by atoms with Gasteiger partial charge >= 0.3 is 82.8 Å². The summed E-state index contributed by atoms with van der Waals surface area (Å²) in [6, 6.07) is 0. The Morgan fingerprint density at radius 3 is 1.60 bits per heavy atom. The zero-order valence-corrected chi connectivity index (χ0v) is 11.4. The van der Waals surface area contributed by atoms with Crippen LogP contribution in [-0.4, -0.2) is 64.0 Å². The monoisotopic (exact) mass is 414 g/mol. The molecule has 0 aliphatic rings. The van der Waals surface area contributed by atoms with Crippen molar-refractivity contribution in [2.75, 3.05) is 0 Å². The molecule has 0 aromatic carbocycles. The minimum absolute atomic E-state index is 0. The summed E-state index contributed by atoms with van der Waals surface area (Å²) in [6.07, 6.45) is 0. The first-order valence-corrected chi connectivity index (χ1v) is 6.49. The van der Waals surface area contributed by atoms with E-state index in [1.807, 2.05) is 0 Å². The van der Waals surface area contributed by atoms with Gasteiger partial charge in [0.25, 0.3) is 0 Å². The van der Waals surface area contributed by atoms with Gasteiger partial charge in [0.2, 0.25) is 0 Å². The zero-order valence-electron chi connectivity index (χ0n) is 2.02. The van der Waals surface area contributed by atoms with Gasteiger partial charge in [-0.2, -0.15) is 0 Å². The SMILES string of the molecule is [BiH3].[LiH].[O]=[Ti][Te]. The van der Waals surface area contributed by atoms with E-state index in [-0.39, 0.29) is 45.1 Å². The third-order valence-corrected chi connectivity index (χ3v) is 0. The van der Waals surface area contributed by atoms with E-state index >= 15 is 0 Å². The predicted molar refractivity (Wildman–Crippen MR) is 23.5 cm³/mol. The third kappa shape index (κ3) is 20.0. The number of hydrogen-bond donors (Lipinski definition) is 0. The fourth-order valence-corrected chi connectivity index (χ4v) is 0. The Kier molecular flexibility index (Phi) is 49.6. The van der Waals surface area contributed by atoms with Gasteiger partial charge in [0.1, 0.15) is 0 Å². The average Bonchev–Trinajstić information content (AvgIpc) is 0.918. The normalized spacial score (nSPS) is 1.80. The summed E-state index contributed by atoms with van der Waals surface area (Å²) >= 11 is 0.900. The first-order chi connectivity index (χ1) is 1.41. The molecule has 1 radical (unpaired) electrons. The molecule has 0 atom stereocenters. The quantitative estimate of drug-likeness (QED) is 0.409. The van der Waals surface area contributed by atoms with Crippen molar-refractivity contribution in [3.05, 3.63) is 0 Å². The Morgan fingerprint density at radius 2 is 1.60 bits per heavy atom. The zero-order chi connectivity index (χ0) is 2.71. The molecule has 5 heavy (non-hydrogen) atoms. The van der Waals surface area contributed by atoms with Crippen LogP contribution in [0.3, 0.4) is 0 Å². The van der Waals surface area contributed by atoms with Crippen LogP contribution < -0.4 is 0 Å². The fraction of sp³-hybridized carbons (Fsp3) is 0. The van der Waals surface area contributed by atoms with Gasteiger partial charge in [-0.1, -0.05) is 0 Å². The van der Waals surface area contributed by atoms with E-state index in [1.54, 1.807) is 18.9 Å². The van der Waals surface area contributed by atoms with Crippen molar-refractivity contribution < 1.29 is 18.8 Å².